The molecule has 0 aromatic heterocycles. The second-order valence-electron chi connectivity index (χ2n) is 3.92. The minimum Gasteiger partial charge on any atom is -0.508 e. The molecule has 4 nitrogen and oxygen atoms in total. The third-order valence-electron chi connectivity index (χ3n) is 2.50. The van der Waals surface area contributed by atoms with Gasteiger partial charge in [-0.15, -0.1) is 0 Å². The third kappa shape index (κ3) is 3.49. The van der Waals surface area contributed by atoms with Crippen molar-refractivity contribution in [3.05, 3.63) is 29.8 Å². The molecule has 1 aromatic carbocycles. The summed E-state index contributed by atoms with van der Waals surface area (Å²) in [5, 5.41) is 17.9. The lowest BCUT2D eigenvalue weighted by Gasteiger charge is -2.21. The van der Waals surface area contributed by atoms with Crippen LogP contribution in [0.25, 0.3) is 0 Å². The molecule has 0 bridgehead atoms. The van der Waals surface area contributed by atoms with Gasteiger partial charge in [0.1, 0.15) is 5.75 Å². The quantitative estimate of drug-likeness (QED) is 0.863. The van der Waals surface area contributed by atoms with E-state index in [1.165, 1.54) is 12.1 Å². The van der Waals surface area contributed by atoms with Crippen molar-refractivity contribution in [2.24, 2.45) is 5.92 Å². The van der Waals surface area contributed by atoms with Crippen molar-refractivity contribution < 1.29 is 9.90 Å². The van der Waals surface area contributed by atoms with Crippen molar-refractivity contribution in [2.45, 2.75) is 13.8 Å². The Labute approximate surface area is 101 Å². The van der Waals surface area contributed by atoms with Crippen molar-refractivity contribution in [3.63, 3.8) is 0 Å². The molecule has 0 fully saturated rings. The molecule has 1 rings (SSSR count). The molecule has 1 atom stereocenters. The number of hydrogen-bond acceptors (Lipinski definition) is 3. The number of amides is 1. The number of nitriles is 1. The van der Waals surface area contributed by atoms with Gasteiger partial charge in [0, 0.05) is 18.7 Å². The van der Waals surface area contributed by atoms with Gasteiger partial charge in [-0.3, -0.25) is 4.79 Å². The van der Waals surface area contributed by atoms with Crippen molar-refractivity contribution in [3.8, 4) is 11.8 Å². The van der Waals surface area contributed by atoms with Crippen molar-refractivity contribution in [1.29, 1.82) is 5.26 Å². The minimum atomic E-state index is -0.184. The van der Waals surface area contributed by atoms with Crippen molar-refractivity contribution >= 4 is 5.91 Å². The molecule has 0 aliphatic heterocycles. The van der Waals surface area contributed by atoms with Crippen molar-refractivity contribution in [2.75, 3.05) is 13.1 Å². The zero-order chi connectivity index (χ0) is 12.8. The second-order valence-corrected chi connectivity index (χ2v) is 3.92. The highest BCUT2D eigenvalue weighted by Gasteiger charge is 2.16. The van der Waals surface area contributed by atoms with E-state index in [4.69, 9.17) is 10.4 Å². The van der Waals surface area contributed by atoms with Gasteiger partial charge in [-0.1, -0.05) is 0 Å². The number of phenolic OH excluding ortho intramolecular Hbond substituents is 1. The van der Waals surface area contributed by atoms with E-state index in [9.17, 15) is 4.79 Å². The second kappa shape index (κ2) is 5.90. The molecule has 0 saturated carbocycles. The molecule has 0 aliphatic rings. The van der Waals surface area contributed by atoms with E-state index in [0.717, 1.165) is 0 Å². The van der Waals surface area contributed by atoms with Crippen LogP contribution in [0.1, 0.15) is 24.2 Å². The molecule has 90 valence electrons. The Morgan fingerprint density at radius 1 is 1.47 bits per heavy atom. The Morgan fingerprint density at radius 2 is 2.06 bits per heavy atom. The highest BCUT2D eigenvalue weighted by molar-refractivity contribution is 5.94. The number of hydrogen-bond donors (Lipinski definition) is 1. The number of nitrogens with zero attached hydrogens (tertiary/aromatic N) is 2. The van der Waals surface area contributed by atoms with Gasteiger partial charge in [-0.25, -0.2) is 0 Å². The standard InChI is InChI=1S/C13H16N2O2/c1-3-15(9-10(2)8-14)13(17)11-4-6-12(16)7-5-11/h4-7,10,16H,3,9H2,1-2H3. The lowest BCUT2D eigenvalue weighted by molar-refractivity contribution is 0.0752. The molecular weight excluding hydrogens is 216 g/mol. The molecule has 0 saturated heterocycles. The summed E-state index contributed by atoms with van der Waals surface area (Å²) in [5.74, 6) is -0.166. The van der Waals surface area contributed by atoms with Gasteiger partial charge < -0.3 is 10.0 Å². The molecule has 0 spiro atoms. The van der Waals surface area contributed by atoms with Crippen LogP contribution in [0.4, 0.5) is 0 Å². The zero-order valence-corrected chi connectivity index (χ0v) is 10.1. The Hall–Kier alpha value is -2.02. The number of rotatable bonds is 4. The molecule has 4 heteroatoms. The average molecular weight is 232 g/mol. The van der Waals surface area contributed by atoms with Gasteiger partial charge in [-0.2, -0.15) is 5.26 Å². The predicted molar refractivity (Wildman–Crippen MR) is 64.5 cm³/mol. The Bertz CT molecular complexity index is 420. The Balaban J connectivity index is 2.79. The molecule has 1 aromatic rings. The summed E-state index contributed by atoms with van der Waals surface area (Å²) < 4.78 is 0. The van der Waals surface area contributed by atoms with Crippen LogP contribution < -0.4 is 0 Å². The summed E-state index contributed by atoms with van der Waals surface area (Å²) in [6.07, 6.45) is 0. The summed E-state index contributed by atoms with van der Waals surface area (Å²) in [6.45, 7) is 4.65. The maximum atomic E-state index is 12.1. The van der Waals surface area contributed by atoms with E-state index in [1.54, 1.807) is 24.0 Å². The fourth-order valence-electron chi connectivity index (χ4n) is 1.51. The highest BCUT2D eigenvalue weighted by atomic mass is 16.3. The third-order valence-corrected chi connectivity index (χ3v) is 2.50. The number of benzene rings is 1. The average Bonchev–Trinajstić information content (AvgIpc) is 2.35. The summed E-state index contributed by atoms with van der Waals surface area (Å²) in [5.41, 5.74) is 0.523. The van der Waals surface area contributed by atoms with E-state index < -0.39 is 0 Å². The fraction of sp³-hybridized carbons (Fsp3) is 0.385. The number of phenols is 1. The number of aromatic hydroxyl groups is 1. The molecule has 0 heterocycles. The lowest BCUT2D eigenvalue weighted by atomic mass is 10.1. The molecular formula is C13H16N2O2. The van der Waals surface area contributed by atoms with Crippen molar-refractivity contribution in [1.82, 2.24) is 4.90 Å². The van der Waals surface area contributed by atoms with Gasteiger partial charge in [0.2, 0.25) is 0 Å². The molecule has 1 unspecified atom stereocenters. The van der Waals surface area contributed by atoms with E-state index in [2.05, 4.69) is 6.07 Å². The fourth-order valence-corrected chi connectivity index (χ4v) is 1.51. The molecule has 17 heavy (non-hydrogen) atoms. The lowest BCUT2D eigenvalue weighted by Crippen LogP contribution is -2.34. The van der Waals surface area contributed by atoms with E-state index in [0.29, 0.717) is 18.7 Å². The van der Waals surface area contributed by atoms with Crippen LogP contribution in [-0.4, -0.2) is 29.0 Å². The largest absolute Gasteiger partial charge is 0.508 e. The van der Waals surface area contributed by atoms with Gasteiger partial charge in [0.15, 0.2) is 0 Å². The zero-order valence-electron chi connectivity index (χ0n) is 10.1. The van der Waals surface area contributed by atoms with Gasteiger partial charge in [0.05, 0.1) is 12.0 Å². The number of carbonyl (C=O) groups excluding carboxylic acids is 1. The smallest absolute Gasteiger partial charge is 0.253 e. The van der Waals surface area contributed by atoms with Crippen LogP contribution >= 0.6 is 0 Å². The highest BCUT2D eigenvalue weighted by Crippen LogP contribution is 2.12. The molecule has 1 amide bonds. The first-order chi connectivity index (χ1) is 8.08. The first kappa shape index (κ1) is 13.0. The van der Waals surface area contributed by atoms with Crippen LogP contribution in [0, 0.1) is 17.2 Å². The maximum Gasteiger partial charge on any atom is 0.253 e. The monoisotopic (exact) mass is 232 g/mol. The minimum absolute atomic E-state index is 0.116. The van der Waals surface area contributed by atoms with Crippen LogP contribution in [0.5, 0.6) is 5.75 Å². The van der Waals surface area contributed by atoms with E-state index >= 15 is 0 Å². The first-order valence-corrected chi connectivity index (χ1v) is 5.56. The van der Waals surface area contributed by atoms with E-state index in [-0.39, 0.29) is 17.6 Å². The SMILES string of the molecule is CCN(CC(C)C#N)C(=O)c1ccc(O)cc1. The van der Waals surface area contributed by atoms with Crippen LogP contribution in [-0.2, 0) is 0 Å². The van der Waals surface area contributed by atoms with Crippen LogP contribution in [0.15, 0.2) is 24.3 Å². The summed E-state index contributed by atoms with van der Waals surface area (Å²) >= 11 is 0. The van der Waals surface area contributed by atoms with Gasteiger partial charge in [0.25, 0.3) is 5.91 Å². The Morgan fingerprint density at radius 3 is 2.53 bits per heavy atom. The topological polar surface area (TPSA) is 64.3 Å². The Kier molecular flexibility index (Phi) is 4.53. The molecule has 0 radical (unpaired) electrons. The van der Waals surface area contributed by atoms with Crippen LogP contribution in [0.3, 0.4) is 0 Å². The van der Waals surface area contributed by atoms with Gasteiger partial charge >= 0.3 is 0 Å². The van der Waals surface area contributed by atoms with Crippen LogP contribution in [0.2, 0.25) is 0 Å². The molecule has 0 aliphatic carbocycles. The normalized spacial score (nSPS) is 11.6. The molecule has 1 N–H and O–H groups in total. The first-order valence-electron chi connectivity index (χ1n) is 5.56. The maximum absolute atomic E-state index is 12.1. The summed E-state index contributed by atoms with van der Waals surface area (Å²) in [6, 6.07) is 8.23. The predicted octanol–water partition coefficient (Wildman–Crippen LogP) is 2.01. The van der Waals surface area contributed by atoms with E-state index in [1.807, 2.05) is 6.92 Å². The summed E-state index contributed by atoms with van der Waals surface area (Å²) in [4.78, 5) is 13.7. The number of carbonyl (C=O) groups is 1. The van der Waals surface area contributed by atoms with Gasteiger partial charge in [-0.05, 0) is 38.1 Å². The summed E-state index contributed by atoms with van der Waals surface area (Å²) in [7, 11) is 0.